The molecule has 0 radical (unpaired) electrons. The monoisotopic (exact) mass is 621 g/mol. The molecule has 0 aliphatic carbocycles. The first-order valence-electron chi connectivity index (χ1n) is 15.7. The van der Waals surface area contributed by atoms with E-state index in [9.17, 15) is 9.18 Å². The Morgan fingerprint density at radius 3 is 2.69 bits per heavy atom. The molecule has 0 saturated carbocycles. The summed E-state index contributed by atoms with van der Waals surface area (Å²) in [5.74, 6) is 0.572. The van der Waals surface area contributed by atoms with Crippen LogP contribution in [0.15, 0.2) is 51.7 Å². The van der Waals surface area contributed by atoms with Crippen LogP contribution < -0.4 is 4.59 Å². The average molecular weight is 622 g/mol. The van der Waals surface area contributed by atoms with Crippen molar-refractivity contribution in [2.75, 3.05) is 26.7 Å². The van der Waals surface area contributed by atoms with Crippen LogP contribution in [0.1, 0.15) is 70.9 Å². The summed E-state index contributed by atoms with van der Waals surface area (Å²) in [5, 5.41) is 18.3. The summed E-state index contributed by atoms with van der Waals surface area (Å²) in [7, 11) is 3.99. The van der Waals surface area contributed by atoms with Crippen LogP contribution in [0.2, 0.25) is 0 Å². The Labute approximate surface area is 264 Å². The number of aromatic nitrogens is 2. The van der Waals surface area contributed by atoms with E-state index in [0.29, 0.717) is 48.5 Å². The minimum Gasteiger partial charge on any atom is -0.444 e. The van der Waals surface area contributed by atoms with E-state index in [0.717, 1.165) is 22.5 Å². The van der Waals surface area contributed by atoms with Crippen LogP contribution in [-0.2, 0) is 16.5 Å². The lowest BCUT2D eigenvalue weighted by Gasteiger charge is -2.36. The van der Waals surface area contributed by atoms with Gasteiger partial charge < -0.3 is 19.8 Å². The number of ether oxygens (including phenoxy) is 2. The van der Waals surface area contributed by atoms with Crippen molar-refractivity contribution >= 4 is 35.3 Å². The van der Waals surface area contributed by atoms with Gasteiger partial charge in [0.2, 0.25) is 0 Å². The Balaban J connectivity index is 1.24. The van der Waals surface area contributed by atoms with Crippen molar-refractivity contribution in [2.45, 2.75) is 89.8 Å². The number of hydrogen-bond donors (Lipinski definition) is 1. The first-order chi connectivity index (χ1) is 21.2. The van der Waals surface area contributed by atoms with Gasteiger partial charge in [-0.2, -0.15) is 9.69 Å². The summed E-state index contributed by atoms with van der Waals surface area (Å²) in [6, 6.07) is 8.23. The number of carbonyl (C=O) groups excluding carboxylic acids is 1. The fourth-order valence-corrected chi connectivity index (χ4v) is 5.97. The highest BCUT2D eigenvalue weighted by Gasteiger charge is 2.39. The maximum absolute atomic E-state index is 15.0. The maximum atomic E-state index is 15.0. The predicted molar refractivity (Wildman–Crippen MR) is 176 cm³/mol. The van der Waals surface area contributed by atoms with Crippen LogP contribution in [0.4, 0.5) is 14.9 Å². The fraction of sp³-hybridized carbons (Fsp3) is 0.576. The lowest BCUT2D eigenvalue weighted by molar-refractivity contribution is -0.0622. The Kier molecular flexibility index (Phi) is 9.36. The number of piperidine rings is 1. The highest BCUT2D eigenvalue weighted by molar-refractivity contribution is 6.08. The molecule has 1 aromatic carbocycles. The molecule has 6 unspecified atom stereocenters. The molecule has 12 heteroatoms. The number of benzene rings is 1. The number of quaternary nitrogens is 1. The Morgan fingerprint density at radius 2 is 2.04 bits per heavy atom. The number of likely N-dealkylation sites (tertiary alicyclic amines) is 1. The molecule has 5 rings (SSSR count). The molecule has 2 aromatic rings. The van der Waals surface area contributed by atoms with Crippen LogP contribution in [0.5, 0.6) is 0 Å². The molecule has 1 amide bonds. The number of nitrogens with zero attached hydrogens (tertiary/aromatic N) is 7. The van der Waals surface area contributed by atoms with Gasteiger partial charge in [0.15, 0.2) is 11.5 Å². The standard InChI is InChI=1S/C33H46FN8O3/c1-21-13-25(35)15-29(39-42(21,7)26-16-38-40(6)19-26)22(2)23-9-8-10-24(14-23)31-36-17-27(18-37-31)44-30-11-12-41(20-28(30)34)32(43)45-33(3,4)5/h8-10,14,16-17,19,21-22,27-28,30,35H,11-13,15,18,20H2,1-7H3/q+1. The largest absolute Gasteiger partial charge is 0.444 e. The van der Waals surface area contributed by atoms with E-state index >= 15 is 0 Å². The van der Waals surface area contributed by atoms with Crippen molar-refractivity contribution in [3.8, 4) is 0 Å². The lowest BCUT2D eigenvalue weighted by Crippen LogP contribution is -2.50. The molecule has 1 saturated heterocycles. The van der Waals surface area contributed by atoms with E-state index in [1.165, 1.54) is 4.90 Å². The number of aliphatic imine (C=N–C) groups is 2. The first kappa shape index (κ1) is 32.6. The second-order valence-electron chi connectivity index (χ2n) is 13.6. The number of carbonyl (C=O) groups is 1. The molecule has 11 nitrogen and oxygen atoms in total. The number of aryl methyl sites for hydroxylation is 1. The van der Waals surface area contributed by atoms with E-state index in [4.69, 9.17) is 20.0 Å². The lowest BCUT2D eigenvalue weighted by atomic mass is 9.91. The van der Waals surface area contributed by atoms with Crippen molar-refractivity contribution in [3.63, 3.8) is 0 Å². The molecule has 1 N–H and O–H groups in total. The Bertz CT molecular complexity index is 1510. The van der Waals surface area contributed by atoms with Gasteiger partial charge >= 0.3 is 6.09 Å². The molecule has 45 heavy (non-hydrogen) atoms. The first-order valence-corrected chi connectivity index (χ1v) is 15.7. The second kappa shape index (κ2) is 12.9. The maximum Gasteiger partial charge on any atom is 0.410 e. The fourth-order valence-electron chi connectivity index (χ4n) is 5.97. The van der Waals surface area contributed by atoms with E-state index in [2.05, 4.69) is 48.1 Å². The number of halogens is 1. The molecule has 1 aromatic heterocycles. The third-order valence-electron chi connectivity index (χ3n) is 8.76. The molecular formula is C33H46FN8O3+. The molecule has 4 heterocycles. The number of hydrogen-bond acceptors (Lipinski definition) is 8. The van der Waals surface area contributed by atoms with Crippen molar-refractivity contribution in [1.29, 1.82) is 5.41 Å². The normalized spacial score (nSPS) is 28.3. The number of amides is 1. The smallest absolute Gasteiger partial charge is 0.410 e. The number of nitrogens with one attached hydrogen (secondary N) is 1. The molecule has 242 valence electrons. The van der Waals surface area contributed by atoms with Crippen LogP contribution in [0.25, 0.3) is 0 Å². The van der Waals surface area contributed by atoms with Crippen molar-refractivity contribution in [3.05, 3.63) is 47.8 Å². The molecule has 3 aliphatic rings. The predicted octanol–water partition coefficient (Wildman–Crippen LogP) is 5.28. The summed E-state index contributed by atoms with van der Waals surface area (Å²) in [4.78, 5) is 23.0. The summed E-state index contributed by atoms with van der Waals surface area (Å²) in [5.41, 5.74) is 3.94. The van der Waals surface area contributed by atoms with Crippen molar-refractivity contribution < 1.29 is 18.7 Å². The van der Waals surface area contributed by atoms with Gasteiger partial charge in [-0.05, 0) is 45.7 Å². The van der Waals surface area contributed by atoms with Gasteiger partial charge in [0, 0.05) is 49.8 Å². The second-order valence-corrected chi connectivity index (χ2v) is 13.6. The van der Waals surface area contributed by atoms with Crippen molar-refractivity contribution in [1.82, 2.24) is 19.3 Å². The summed E-state index contributed by atoms with van der Waals surface area (Å²) < 4.78 is 28.5. The van der Waals surface area contributed by atoms with E-state index in [-0.39, 0.29) is 18.5 Å². The topological polar surface area (TPSA) is 118 Å². The van der Waals surface area contributed by atoms with Crippen LogP contribution in [-0.4, -0.2) is 101 Å². The number of alkyl halides is 1. The SMILES string of the molecule is CC(C1=N[N+](C)(c2cnn(C)c2)C(C)CC(=N)C1)c1cccc(C2=NCC(OC3CCN(C(=O)OC(C)(C)C)CC3F)C=N2)c1. The summed E-state index contributed by atoms with van der Waals surface area (Å²) in [6.45, 7) is 10.3. The zero-order valence-electron chi connectivity index (χ0n) is 27.4. The quantitative estimate of drug-likeness (QED) is 0.442. The van der Waals surface area contributed by atoms with Gasteiger partial charge in [-0.25, -0.2) is 14.2 Å². The summed E-state index contributed by atoms with van der Waals surface area (Å²) >= 11 is 0. The molecule has 0 bridgehead atoms. The van der Waals surface area contributed by atoms with E-state index < -0.39 is 30.1 Å². The third-order valence-corrected chi connectivity index (χ3v) is 8.76. The van der Waals surface area contributed by atoms with Gasteiger partial charge in [0.25, 0.3) is 0 Å². The van der Waals surface area contributed by atoms with E-state index in [1.54, 1.807) is 31.7 Å². The average Bonchev–Trinajstić information content (AvgIpc) is 3.39. The Morgan fingerprint density at radius 1 is 1.27 bits per heavy atom. The minimum atomic E-state index is -1.32. The molecule has 3 aliphatic heterocycles. The van der Waals surface area contributed by atoms with E-state index in [1.807, 2.05) is 31.6 Å². The zero-order valence-corrected chi connectivity index (χ0v) is 27.4. The molecular weight excluding hydrogens is 575 g/mol. The number of rotatable bonds is 6. The summed E-state index contributed by atoms with van der Waals surface area (Å²) in [6.07, 6.45) is 4.19. The highest BCUT2D eigenvalue weighted by atomic mass is 19.1. The van der Waals surface area contributed by atoms with Gasteiger partial charge in [-0.15, -0.1) is 0 Å². The zero-order chi connectivity index (χ0) is 32.5. The van der Waals surface area contributed by atoms with Gasteiger partial charge in [-0.1, -0.05) is 30.2 Å². The Hall–Kier alpha value is -3.77. The molecule has 1 fully saturated rings. The number of amidine groups is 1. The highest BCUT2D eigenvalue weighted by Crippen LogP contribution is 2.32. The molecule has 6 atom stereocenters. The van der Waals surface area contributed by atoms with Crippen LogP contribution >= 0.6 is 0 Å². The van der Waals surface area contributed by atoms with Gasteiger partial charge in [0.05, 0.1) is 38.1 Å². The van der Waals surface area contributed by atoms with Crippen LogP contribution in [0, 0.1) is 5.41 Å². The third kappa shape index (κ3) is 7.55. The van der Waals surface area contributed by atoms with Crippen molar-refractivity contribution in [2.24, 2.45) is 22.1 Å². The van der Waals surface area contributed by atoms with Gasteiger partial charge in [0.1, 0.15) is 30.1 Å². The minimum absolute atomic E-state index is 0.0259. The van der Waals surface area contributed by atoms with Gasteiger partial charge in [-0.3, -0.25) is 9.67 Å². The van der Waals surface area contributed by atoms with Crippen LogP contribution in [0.3, 0.4) is 0 Å². The molecule has 0 spiro atoms.